The van der Waals surface area contributed by atoms with Crippen LogP contribution in [-0.2, 0) is 10.8 Å². The third-order valence-electron chi connectivity index (χ3n) is 18.6. The first kappa shape index (κ1) is 43.1. The zero-order valence-electron chi connectivity index (χ0n) is 42.6. The number of thioether (sulfide) groups is 1. The molecule has 364 valence electrons. The van der Waals surface area contributed by atoms with Crippen LogP contribution in [0.5, 0.6) is 0 Å². The number of aromatic nitrogens is 1. The SMILES string of the molecule is C1=CC2=C(CC1)c1ccccc1C21c2ccccc2-c2ccc(C3=CC(c4ccc(-c5nc6ccccc6o5)cc4)=C4Sc5ccc(-c6ccc7c(c6)C6(c8ccccc8-c8ccccc86)c6ccccc6-7)cc5C4C3)cc21. The van der Waals surface area contributed by atoms with Crippen LogP contribution in [-0.4, -0.2) is 4.98 Å². The molecule has 0 saturated heterocycles. The second-order valence-corrected chi connectivity index (χ2v) is 23.3. The third kappa shape index (κ3) is 5.56. The predicted octanol–water partition coefficient (Wildman–Crippen LogP) is 19.0. The van der Waals surface area contributed by atoms with Crippen molar-refractivity contribution in [2.24, 2.45) is 0 Å². The van der Waals surface area contributed by atoms with Crippen LogP contribution in [0.4, 0.5) is 0 Å². The topological polar surface area (TPSA) is 26.0 Å². The number of rotatable bonds is 4. The van der Waals surface area contributed by atoms with Crippen LogP contribution in [0.25, 0.3) is 83.8 Å². The van der Waals surface area contributed by atoms with Crippen molar-refractivity contribution in [1.82, 2.24) is 4.98 Å². The molecule has 2 heterocycles. The van der Waals surface area contributed by atoms with E-state index in [2.05, 4.69) is 218 Å². The molecule has 7 aliphatic rings. The monoisotopic (exact) mass is 1010 g/mol. The number of hydrogen-bond donors (Lipinski definition) is 0. The third-order valence-corrected chi connectivity index (χ3v) is 20.0. The Balaban J connectivity index is 0.795. The van der Waals surface area contributed by atoms with Gasteiger partial charge in [0.1, 0.15) is 5.52 Å². The molecule has 0 fully saturated rings. The quantitative estimate of drug-likeness (QED) is 0.176. The maximum absolute atomic E-state index is 6.28. The molecule has 3 heteroatoms. The Morgan fingerprint density at radius 3 is 1.64 bits per heavy atom. The molecule has 18 rings (SSSR count). The highest BCUT2D eigenvalue weighted by Gasteiger charge is 2.54. The molecule has 6 aliphatic carbocycles. The second-order valence-electron chi connectivity index (χ2n) is 22.2. The average molecular weight is 1010 g/mol. The summed E-state index contributed by atoms with van der Waals surface area (Å²) in [4.78, 5) is 7.63. The summed E-state index contributed by atoms with van der Waals surface area (Å²) in [6.07, 6.45) is 10.4. The van der Waals surface area contributed by atoms with E-state index in [1.807, 2.05) is 36.0 Å². The van der Waals surface area contributed by atoms with E-state index in [9.17, 15) is 0 Å². The van der Waals surface area contributed by atoms with Crippen LogP contribution in [0.2, 0.25) is 0 Å². The number of oxazole rings is 1. The van der Waals surface area contributed by atoms with Crippen molar-refractivity contribution in [3.63, 3.8) is 0 Å². The van der Waals surface area contributed by atoms with Crippen LogP contribution in [0.3, 0.4) is 0 Å². The van der Waals surface area contributed by atoms with Gasteiger partial charge in [-0.15, -0.1) is 0 Å². The van der Waals surface area contributed by atoms with Gasteiger partial charge >= 0.3 is 0 Å². The fourth-order valence-corrected chi connectivity index (χ4v) is 16.8. The van der Waals surface area contributed by atoms with Crippen LogP contribution in [0.1, 0.15) is 86.4 Å². The van der Waals surface area contributed by atoms with Crippen LogP contribution in [0.15, 0.2) is 262 Å². The molecular weight excluding hydrogens is 963 g/mol. The predicted molar refractivity (Wildman–Crippen MR) is 319 cm³/mol. The summed E-state index contributed by atoms with van der Waals surface area (Å²) in [6, 6.07) is 84.9. The van der Waals surface area contributed by atoms with E-state index < -0.39 is 5.41 Å². The van der Waals surface area contributed by atoms with Gasteiger partial charge in [0.05, 0.1) is 10.8 Å². The Kier molecular flexibility index (Phi) is 8.73. The number of hydrogen-bond acceptors (Lipinski definition) is 3. The zero-order chi connectivity index (χ0) is 50.8. The molecule has 1 aliphatic heterocycles. The first-order valence-corrected chi connectivity index (χ1v) is 28.4. The second kappa shape index (κ2) is 15.8. The molecule has 2 unspecified atom stereocenters. The average Bonchev–Trinajstić information content (AvgIpc) is 4.25. The molecule has 10 aromatic carbocycles. The van der Waals surface area contributed by atoms with E-state index in [1.54, 1.807) is 0 Å². The Hall–Kier alpha value is -9.02. The van der Waals surface area contributed by atoms with Gasteiger partial charge in [0.15, 0.2) is 5.58 Å². The van der Waals surface area contributed by atoms with Crippen molar-refractivity contribution in [2.75, 3.05) is 0 Å². The van der Waals surface area contributed by atoms with Gasteiger partial charge in [-0.2, -0.15) is 0 Å². The van der Waals surface area contributed by atoms with Crippen molar-refractivity contribution in [3.05, 3.63) is 314 Å². The van der Waals surface area contributed by atoms with Gasteiger partial charge in [-0.1, -0.05) is 200 Å². The standard InChI is InChI=1S/C75H47NOS/c1-7-21-61-50(15-1)51-16-2-8-22-62(51)74(61)65-25-11-5-19-54(65)56-36-33-47(42-67(56)74)46-35-38-71-59(39-46)60-41-49(40-58(72(60)78-71)44-29-31-45(32-30-44)73-76-69-27-13-14-28-70(69)77-73)48-34-37-57-55-20-6-12-26-66(55)75(68(57)43-48)63-23-9-3-17-52(63)53-18-4-10-24-64(53)75/h1-3,5-17,19-40,42-43,60H,4,18,41H2. The highest BCUT2D eigenvalue weighted by molar-refractivity contribution is 8.03. The summed E-state index contributed by atoms with van der Waals surface area (Å²) >= 11 is 1.96. The normalized spacial score (nSPS) is 18.8. The lowest BCUT2D eigenvalue weighted by molar-refractivity contribution is 0.620. The van der Waals surface area contributed by atoms with Gasteiger partial charge in [0.2, 0.25) is 5.89 Å². The molecule has 1 aromatic heterocycles. The van der Waals surface area contributed by atoms with Crippen LogP contribution in [0, 0.1) is 0 Å². The Morgan fingerprint density at radius 1 is 0.449 bits per heavy atom. The lowest BCUT2D eigenvalue weighted by atomic mass is 9.68. The van der Waals surface area contributed by atoms with E-state index in [4.69, 9.17) is 9.40 Å². The molecule has 0 saturated carbocycles. The number of benzene rings is 10. The fraction of sp³-hybridized carbons (Fsp3) is 0.0800. The summed E-state index contributed by atoms with van der Waals surface area (Å²) in [7, 11) is 0. The van der Waals surface area contributed by atoms with Gasteiger partial charge in [0, 0.05) is 21.3 Å². The summed E-state index contributed by atoms with van der Waals surface area (Å²) < 4.78 is 6.28. The van der Waals surface area contributed by atoms with E-state index in [0.717, 1.165) is 35.9 Å². The number of para-hydroxylation sites is 2. The molecule has 11 aromatic rings. The molecule has 0 amide bonds. The molecule has 2 spiro atoms. The maximum Gasteiger partial charge on any atom is 0.227 e. The maximum atomic E-state index is 6.28. The number of allylic oxidation sites excluding steroid dienone is 8. The van der Waals surface area contributed by atoms with Gasteiger partial charge in [-0.3, -0.25) is 0 Å². The lowest BCUT2D eigenvalue weighted by Crippen LogP contribution is -2.27. The summed E-state index contributed by atoms with van der Waals surface area (Å²) in [5.74, 6) is 0.821. The molecule has 2 nitrogen and oxygen atoms in total. The van der Waals surface area contributed by atoms with E-state index in [-0.39, 0.29) is 11.3 Å². The van der Waals surface area contributed by atoms with Crippen molar-refractivity contribution in [3.8, 4) is 56.0 Å². The first-order valence-electron chi connectivity index (χ1n) is 27.6. The van der Waals surface area contributed by atoms with Crippen molar-refractivity contribution >= 4 is 39.6 Å². The largest absolute Gasteiger partial charge is 0.436 e. The number of fused-ring (bicyclic) bond motifs is 23. The molecule has 0 radical (unpaired) electrons. The van der Waals surface area contributed by atoms with E-state index in [1.165, 1.54) is 138 Å². The minimum Gasteiger partial charge on any atom is -0.436 e. The highest BCUT2D eigenvalue weighted by Crippen LogP contribution is 2.66. The molecule has 2 atom stereocenters. The van der Waals surface area contributed by atoms with Crippen LogP contribution < -0.4 is 0 Å². The van der Waals surface area contributed by atoms with Crippen molar-refractivity contribution in [1.29, 1.82) is 0 Å². The molecule has 0 N–H and O–H groups in total. The zero-order valence-corrected chi connectivity index (χ0v) is 43.4. The Bertz CT molecular complexity index is 4540. The van der Waals surface area contributed by atoms with Crippen molar-refractivity contribution in [2.45, 2.75) is 40.9 Å². The van der Waals surface area contributed by atoms with Gasteiger partial charge < -0.3 is 4.42 Å². The highest BCUT2D eigenvalue weighted by atomic mass is 32.2. The van der Waals surface area contributed by atoms with Gasteiger partial charge in [-0.25, -0.2) is 4.98 Å². The minimum absolute atomic E-state index is 0.178. The Labute approximate surface area is 457 Å². The van der Waals surface area contributed by atoms with Crippen molar-refractivity contribution < 1.29 is 4.42 Å². The van der Waals surface area contributed by atoms with Gasteiger partial charge in [-0.05, 0) is 202 Å². The minimum atomic E-state index is -0.395. The number of nitrogens with zero attached hydrogens (tertiary/aromatic N) is 1. The van der Waals surface area contributed by atoms with E-state index >= 15 is 0 Å². The first-order chi connectivity index (χ1) is 38.6. The van der Waals surface area contributed by atoms with Crippen LogP contribution >= 0.6 is 11.8 Å². The smallest absolute Gasteiger partial charge is 0.227 e. The Morgan fingerprint density at radius 2 is 0.962 bits per heavy atom. The fourth-order valence-electron chi connectivity index (χ4n) is 15.5. The van der Waals surface area contributed by atoms with Gasteiger partial charge in [0.25, 0.3) is 0 Å². The summed E-state index contributed by atoms with van der Waals surface area (Å²) in [5.41, 5.74) is 33.0. The van der Waals surface area contributed by atoms with E-state index in [0.29, 0.717) is 5.89 Å². The lowest BCUT2D eigenvalue weighted by Gasteiger charge is -2.33. The molecular formula is C75H47NOS. The molecule has 0 bridgehead atoms. The summed E-state index contributed by atoms with van der Waals surface area (Å²) in [6.45, 7) is 0. The molecule has 78 heavy (non-hydrogen) atoms. The summed E-state index contributed by atoms with van der Waals surface area (Å²) in [5, 5.41) is 0.